The van der Waals surface area contributed by atoms with Gasteiger partial charge in [0.05, 0.1) is 0 Å². The molecule has 4 nitrogen and oxygen atoms in total. The quantitative estimate of drug-likeness (QED) is 0.463. The second-order valence-electron chi connectivity index (χ2n) is 1.16. The van der Waals surface area contributed by atoms with Gasteiger partial charge in [-0.2, -0.15) is 0 Å². The highest BCUT2D eigenvalue weighted by Crippen LogP contribution is 1.95. The zero-order valence-electron chi connectivity index (χ0n) is 4.06. The van der Waals surface area contributed by atoms with Gasteiger partial charge in [-0.05, 0) is 0 Å². The monoisotopic (exact) mass is 111 g/mol. The summed E-state index contributed by atoms with van der Waals surface area (Å²) in [5, 5.41) is 8.03. The van der Waals surface area contributed by atoms with Crippen molar-refractivity contribution in [2.24, 2.45) is 9.98 Å². The van der Waals surface area contributed by atoms with Crippen LogP contribution in [-0.2, 0) is 4.65 Å². The maximum Gasteiger partial charge on any atom is 0.488 e. The molecular formula is C3H4BN2O2. The molecule has 0 aromatic rings. The van der Waals surface area contributed by atoms with Crippen LogP contribution in [-0.4, -0.2) is 31.5 Å². The molecule has 1 rings (SSSR count). The van der Waals surface area contributed by atoms with E-state index in [0.717, 1.165) is 0 Å². The third-order valence-corrected chi connectivity index (χ3v) is 0.676. The lowest BCUT2D eigenvalue weighted by Gasteiger charge is -1.98. The molecule has 1 radical (unpaired) electrons. The average Bonchev–Trinajstić information content (AvgIpc) is 2.19. The van der Waals surface area contributed by atoms with Crippen LogP contribution in [0.2, 0.25) is 0 Å². The van der Waals surface area contributed by atoms with Gasteiger partial charge in [0, 0.05) is 12.4 Å². The Balaban J connectivity index is 2.27. The summed E-state index contributed by atoms with van der Waals surface area (Å²) in [6.07, 6.45) is 2.46. The van der Waals surface area contributed by atoms with Crippen LogP contribution >= 0.6 is 0 Å². The van der Waals surface area contributed by atoms with Crippen LogP contribution in [0.1, 0.15) is 0 Å². The molecule has 1 aliphatic rings. The van der Waals surface area contributed by atoms with E-state index >= 15 is 0 Å². The average molecular weight is 111 g/mol. The minimum absolute atomic E-state index is 0.556. The molecule has 0 fully saturated rings. The molecule has 0 unspecified atom stereocenters. The molecule has 1 aliphatic heterocycles. The van der Waals surface area contributed by atoms with Gasteiger partial charge in [-0.1, -0.05) is 0 Å². The van der Waals surface area contributed by atoms with E-state index in [1.807, 2.05) is 0 Å². The Morgan fingerprint density at radius 2 is 2.12 bits per heavy atom. The molecule has 41 valence electrons. The van der Waals surface area contributed by atoms with E-state index in [1.54, 1.807) is 0 Å². The third kappa shape index (κ3) is 1.15. The highest BCUT2D eigenvalue weighted by Gasteiger charge is 2.03. The lowest BCUT2D eigenvalue weighted by molar-refractivity contribution is 0.204. The van der Waals surface area contributed by atoms with Gasteiger partial charge in [-0.3, -0.25) is 0 Å². The van der Waals surface area contributed by atoms with Gasteiger partial charge in [0.15, 0.2) is 0 Å². The first-order chi connectivity index (χ1) is 3.93. The summed E-state index contributed by atoms with van der Waals surface area (Å²) in [6, 6.07) is 0. The van der Waals surface area contributed by atoms with Crippen LogP contribution < -0.4 is 0 Å². The van der Waals surface area contributed by atoms with Gasteiger partial charge < -0.3 is 9.68 Å². The Morgan fingerprint density at radius 3 is 2.62 bits per heavy atom. The lowest BCUT2D eigenvalue weighted by atomic mass is 10.4. The summed E-state index contributed by atoms with van der Waals surface area (Å²) in [7, 11) is 0.574. The Bertz CT molecular complexity index is 112. The molecule has 5 heteroatoms. The van der Waals surface area contributed by atoms with Crippen molar-refractivity contribution < 1.29 is 9.68 Å². The maximum absolute atomic E-state index is 8.03. The molecule has 0 saturated carbocycles. The normalized spacial score (nSPS) is 17.6. The van der Waals surface area contributed by atoms with Gasteiger partial charge in [0.25, 0.3) is 0 Å². The van der Waals surface area contributed by atoms with Crippen molar-refractivity contribution in [1.29, 1.82) is 0 Å². The van der Waals surface area contributed by atoms with Crippen molar-refractivity contribution in [2.45, 2.75) is 6.35 Å². The van der Waals surface area contributed by atoms with Crippen molar-refractivity contribution >= 4 is 20.1 Å². The standard InChI is InChI=1S/C3H4BN2O2/c7-4-8-3-5-1-2-6-3/h1-3,7H. The van der Waals surface area contributed by atoms with E-state index in [-0.39, 0.29) is 0 Å². The minimum atomic E-state index is -0.556. The van der Waals surface area contributed by atoms with Crippen LogP contribution in [0.5, 0.6) is 0 Å². The van der Waals surface area contributed by atoms with Crippen molar-refractivity contribution in [3.63, 3.8) is 0 Å². The van der Waals surface area contributed by atoms with Gasteiger partial charge in [0.2, 0.25) is 6.35 Å². The van der Waals surface area contributed by atoms with E-state index in [4.69, 9.17) is 5.02 Å². The van der Waals surface area contributed by atoms with Crippen molar-refractivity contribution in [2.75, 3.05) is 0 Å². The van der Waals surface area contributed by atoms with Crippen LogP contribution in [0.4, 0.5) is 0 Å². The van der Waals surface area contributed by atoms with E-state index in [1.165, 1.54) is 12.4 Å². The zero-order chi connectivity index (χ0) is 5.82. The van der Waals surface area contributed by atoms with Crippen LogP contribution in [0.25, 0.3) is 0 Å². The smallest absolute Gasteiger partial charge is 0.429 e. The molecule has 0 bridgehead atoms. The highest BCUT2D eigenvalue weighted by molar-refractivity contribution is 6.18. The van der Waals surface area contributed by atoms with Gasteiger partial charge in [-0.25, -0.2) is 9.98 Å². The van der Waals surface area contributed by atoms with Crippen LogP contribution in [0, 0.1) is 0 Å². The molecule has 0 atom stereocenters. The first kappa shape index (κ1) is 5.46. The molecule has 0 spiro atoms. The minimum Gasteiger partial charge on any atom is -0.429 e. The molecule has 0 saturated heterocycles. The Morgan fingerprint density at radius 1 is 1.50 bits per heavy atom. The topological polar surface area (TPSA) is 54.2 Å². The molecule has 1 heterocycles. The predicted molar refractivity (Wildman–Crippen MR) is 29.8 cm³/mol. The zero-order valence-corrected chi connectivity index (χ0v) is 4.06. The summed E-state index contributed by atoms with van der Waals surface area (Å²) in [5.74, 6) is 0. The Labute approximate surface area is 47.2 Å². The Hall–Kier alpha value is -0.675. The highest BCUT2D eigenvalue weighted by atomic mass is 16.5. The molecular weight excluding hydrogens is 107 g/mol. The summed E-state index contributed by atoms with van der Waals surface area (Å²) in [6.45, 7) is 0. The van der Waals surface area contributed by atoms with Gasteiger partial charge in [0.1, 0.15) is 0 Å². The van der Waals surface area contributed by atoms with Crippen LogP contribution in [0.3, 0.4) is 0 Å². The fourth-order valence-electron chi connectivity index (χ4n) is 0.387. The lowest BCUT2D eigenvalue weighted by Crippen LogP contribution is -2.07. The largest absolute Gasteiger partial charge is 0.488 e. The molecule has 0 aromatic heterocycles. The van der Waals surface area contributed by atoms with Crippen molar-refractivity contribution in [3.8, 4) is 0 Å². The number of aliphatic imine (C=N–C) groups is 2. The number of hydrogen-bond donors (Lipinski definition) is 1. The summed E-state index contributed by atoms with van der Waals surface area (Å²) in [5.41, 5.74) is 0. The molecule has 8 heavy (non-hydrogen) atoms. The second kappa shape index (κ2) is 2.59. The van der Waals surface area contributed by atoms with Gasteiger partial charge >= 0.3 is 7.69 Å². The molecule has 0 amide bonds. The van der Waals surface area contributed by atoms with Gasteiger partial charge in [-0.15, -0.1) is 0 Å². The van der Waals surface area contributed by atoms with E-state index in [2.05, 4.69) is 14.6 Å². The first-order valence-corrected chi connectivity index (χ1v) is 2.10. The molecule has 1 N–H and O–H groups in total. The summed E-state index contributed by atoms with van der Waals surface area (Å²) >= 11 is 0. The van der Waals surface area contributed by atoms with E-state index in [9.17, 15) is 0 Å². The van der Waals surface area contributed by atoms with Crippen LogP contribution in [0.15, 0.2) is 9.98 Å². The number of nitrogens with zero attached hydrogens (tertiary/aromatic N) is 2. The molecule has 0 aromatic carbocycles. The summed E-state index contributed by atoms with van der Waals surface area (Å²) in [4.78, 5) is 7.33. The first-order valence-electron chi connectivity index (χ1n) is 2.10. The maximum atomic E-state index is 8.03. The fraction of sp³-hybridized carbons (Fsp3) is 0.333. The molecule has 0 aliphatic carbocycles. The second-order valence-corrected chi connectivity index (χ2v) is 1.16. The SMILES string of the molecule is O[B]OC1N=CC=N1. The third-order valence-electron chi connectivity index (χ3n) is 0.676. The number of rotatable bonds is 2. The van der Waals surface area contributed by atoms with Crippen molar-refractivity contribution in [1.82, 2.24) is 0 Å². The summed E-state index contributed by atoms with van der Waals surface area (Å²) < 4.78 is 4.44. The van der Waals surface area contributed by atoms with Crippen molar-refractivity contribution in [3.05, 3.63) is 0 Å². The fourth-order valence-corrected chi connectivity index (χ4v) is 0.387. The predicted octanol–water partition coefficient (Wildman–Crippen LogP) is -1.03. The number of hydrogen-bond acceptors (Lipinski definition) is 4. The van der Waals surface area contributed by atoms with E-state index < -0.39 is 6.35 Å². The Kier molecular flexibility index (Phi) is 1.77. The van der Waals surface area contributed by atoms with E-state index in [0.29, 0.717) is 7.69 Å².